The van der Waals surface area contributed by atoms with Gasteiger partial charge in [0.2, 0.25) is 5.82 Å². The molecule has 0 saturated heterocycles. The van der Waals surface area contributed by atoms with Crippen LogP contribution in [0.2, 0.25) is 0 Å². The quantitative estimate of drug-likeness (QED) is 0.349. The highest BCUT2D eigenvalue weighted by atomic mass is 19.4. The van der Waals surface area contributed by atoms with E-state index in [2.05, 4.69) is 15.5 Å². The van der Waals surface area contributed by atoms with Crippen molar-refractivity contribution in [2.24, 2.45) is 0 Å². The number of halogens is 3. The summed E-state index contributed by atoms with van der Waals surface area (Å²) in [7, 11) is 0. The molecule has 2 amide bonds. The maximum Gasteiger partial charge on any atom is 0.416 e. The fourth-order valence-corrected chi connectivity index (χ4v) is 4.21. The molecule has 3 aromatic carbocycles. The third-order valence-electron chi connectivity index (χ3n) is 6.01. The van der Waals surface area contributed by atoms with Gasteiger partial charge >= 0.3 is 12.2 Å². The predicted molar refractivity (Wildman–Crippen MR) is 127 cm³/mol. The molecule has 1 N–H and O–H groups in total. The Labute approximate surface area is 205 Å². The lowest BCUT2D eigenvalue weighted by Gasteiger charge is -2.35. The molecule has 9 heteroatoms. The molecule has 0 saturated carbocycles. The smallest absolute Gasteiger partial charge is 0.334 e. The van der Waals surface area contributed by atoms with Crippen LogP contribution in [-0.4, -0.2) is 21.1 Å². The fraction of sp³-hybridized carbons (Fsp3) is 0.148. The Morgan fingerprint density at radius 3 is 2.36 bits per heavy atom. The summed E-state index contributed by atoms with van der Waals surface area (Å²) in [5, 5.41) is 7.07. The number of hydrogen-bond donors (Lipinski definition) is 1. The van der Waals surface area contributed by atoms with Gasteiger partial charge in [-0.15, -0.1) is 0 Å². The second-order valence-corrected chi connectivity index (χ2v) is 8.37. The SMILES string of the molecule is CC1=C(c2nc(-c3ccccc3)no2)C(c2ccccc2)NC(=O)N1Cc1cccc(C(F)(F)F)c1. The summed E-state index contributed by atoms with van der Waals surface area (Å²) in [6.07, 6.45) is -4.48. The summed E-state index contributed by atoms with van der Waals surface area (Å²) in [5.41, 5.74) is 2.22. The van der Waals surface area contributed by atoms with E-state index in [0.29, 0.717) is 22.7 Å². The van der Waals surface area contributed by atoms with Gasteiger partial charge in [0.25, 0.3) is 5.89 Å². The number of alkyl halides is 3. The maximum absolute atomic E-state index is 13.2. The van der Waals surface area contributed by atoms with Crippen molar-refractivity contribution in [1.82, 2.24) is 20.4 Å². The summed E-state index contributed by atoms with van der Waals surface area (Å²) in [6, 6.07) is 22.5. The number of carbonyl (C=O) groups excluding carboxylic acids is 1. The largest absolute Gasteiger partial charge is 0.416 e. The molecule has 6 nitrogen and oxygen atoms in total. The lowest BCUT2D eigenvalue weighted by atomic mass is 9.94. The average molecular weight is 490 g/mol. The number of hydrogen-bond acceptors (Lipinski definition) is 4. The van der Waals surface area contributed by atoms with Gasteiger partial charge in [0.15, 0.2) is 0 Å². The van der Waals surface area contributed by atoms with Gasteiger partial charge in [-0.3, -0.25) is 4.90 Å². The van der Waals surface area contributed by atoms with E-state index in [-0.39, 0.29) is 12.4 Å². The van der Waals surface area contributed by atoms with Crippen LogP contribution in [0.15, 0.2) is 95.1 Å². The Morgan fingerprint density at radius 2 is 1.67 bits per heavy atom. The van der Waals surface area contributed by atoms with E-state index in [4.69, 9.17) is 4.52 Å². The van der Waals surface area contributed by atoms with E-state index in [0.717, 1.165) is 23.3 Å². The van der Waals surface area contributed by atoms with Crippen molar-refractivity contribution in [3.05, 3.63) is 113 Å². The third-order valence-corrected chi connectivity index (χ3v) is 6.01. The Bertz CT molecular complexity index is 1420. The zero-order valence-electron chi connectivity index (χ0n) is 19.2. The zero-order valence-corrected chi connectivity index (χ0v) is 19.2. The van der Waals surface area contributed by atoms with Gasteiger partial charge in [0.1, 0.15) is 0 Å². The van der Waals surface area contributed by atoms with Gasteiger partial charge in [0.05, 0.1) is 23.7 Å². The summed E-state index contributed by atoms with van der Waals surface area (Å²) in [4.78, 5) is 19.1. The molecule has 0 bridgehead atoms. The summed E-state index contributed by atoms with van der Waals surface area (Å²) in [5.74, 6) is 0.605. The van der Waals surface area contributed by atoms with E-state index in [1.807, 2.05) is 60.7 Å². The van der Waals surface area contributed by atoms with Crippen LogP contribution in [0.1, 0.15) is 35.5 Å². The lowest BCUT2D eigenvalue weighted by Crippen LogP contribution is -2.45. The number of nitrogens with one attached hydrogen (secondary N) is 1. The summed E-state index contributed by atoms with van der Waals surface area (Å²) in [6.45, 7) is 1.66. The molecule has 36 heavy (non-hydrogen) atoms. The molecule has 0 fully saturated rings. The van der Waals surface area contributed by atoms with Crippen LogP contribution in [0, 0.1) is 0 Å². The molecule has 1 aliphatic rings. The second-order valence-electron chi connectivity index (χ2n) is 8.37. The highest BCUT2D eigenvalue weighted by molar-refractivity contribution is 5.86. The van der Waals surface area contributed by atoms with Crippen LogP contribution >= 0.6 is 0 Å². The van der Waals surface area contributed by atoms with Gasteiger partial charge < -0.3 is 9.84 Å². The molecule has 1 atom stereocenters. The topological polar surface area (TPSA) is 71.3 Å². The summed E-state index contributed by atoms with van der Waals surface area (Å²) >= 11 is 0. The van der Waals surface area contributed by atoms with Crippen molar-refractivity contribution in [3.63, 3.8) is 0 Å². The molecular weight excluding hydrogens is 469 g/mol. The molecule has 0 radical (unpaired) electrons. The Morgan fingerprint density at radius 1 is 0.972 bits per heavy atom. The first-order valence-electron chi connectivity index (χ1n) is 11.2. The molecule has 0 aliphatic carbocycles. The van der Waals surface area contributed by atoms with Crippen LogP contribution < -0.4 is 5.32 Å². The number of urea groups is 1. The molecule has 1 aromatic heterocycles. The minimum atomic E-state index is -4.48. The van der Waals surface area contributed by atoms with Crippen LogP contribution in [0.3, 0.4) is 0 Å². The molecule has 2 heterocycles. The first-order valence-corrected chi connectivity index (χ1v) is 11.2. The van der Waals surface area contributed by atoms with Crippen molar-refractivity contribution in [3.8, 4) is 11.4 Å². The zero-order chi connectivity index (χ0) is 25.3. The van der Waals surface area contributed by atoms with Gasteiger partial charge in [0, 0.05) is 11.3 Å². The highest BCUT2D eigenvalue weighted by Gasteiger charge is 2.36. The number of carbonyl (C=O) groups is 1. The number of benzene rings is 3. The normalized spacial score (nSPS) is 16.3. The molecule has 0 spiro atoms. The number of nitrogens with zero attached hydrogens (tertiary/aromatic N) is 3. The number of aromatic nitrogens is 2. The van der Waals surface area contributed by atoms with Crippen molar-refractivity contribution in [2.75, 3.05) is 0 Å². The van der Waals surface area contributed by atoms with Crippen LogP contribution in [0.4, 0.5) is 18.0 Å². The fourth-order valence-electron chi connectivity index (χ4n) is 4.21. The van der Waals surface area contributed by atoms with Gasteiger partial charge in [-0.2, -0.15) is 18.2 Å². The van der Waals surface area contributed by atoms with Gasteiger partial charge in [-0.25, -0.2) is 4.79 Å². The Hall–Kier alpha value is -4.40. The van der Waals surface area contributed by atoms with Crippen molar-refractivity contribution < 1.29 is 22.5 Å². The average Bonchev–Trinajstić information content (AvgIpc) is 3.37. The lowest BCUT2D eigenvalue weighted by molar-refractivity contribution is -0.137. The van der Waals surface area contributed by atoms with E-state index < -0.39 is 23.8 Å². The summed E-state index contributed by atoms with van der Waals surface area (Å²) < 4.78 is 45.3. The standard InChI is InChI=1S/C27H21F3N4O2/c1-17-22(25-32-24(33-36-25)20-12-6-3-7-13-20)23(19-10-4-2-5-11-19)31-26(35)34(17)16-18-9-8-14-21(15-18)27(28,29)30/h2-15,23H,16H2,1H3,(H,31,35). The monoisotopic (exact) mass is 490 g/mol. The Kier molecular flexibility index (Phi) is 6.05. The van der Waals surface area contributed by atoms with Crippen molar-refractivity contribution in [2.45, 2.75) is 25.7 Å². The minimum absolute atomic E-state index is 0.0632. The first kappa shape index (κ1) is 23.3. The van der Waals surface area contributed by atoms with Crippen LogP contribution in [0.5, 0.6) is 0 Å². The van der Waals surface area contributed by atoms with Gasteiger partial charge in [-0.1, -0.05) is 78.0 Å². The van der Waals surface area contributed by atoms with E-state index in [9.17, 15) is 18.0 Å². The second kappa shape index (κ2) is 9.33. The van der Waals surface area contributed by atoms with E-state index in [1.165, 1.54) is 11.0 Å². The predicted octanol–water partition coefficient (Wildman–Crippen LogP) is 6.45. The third kappa shape index (κ3) is 4.59. The number of rotatable bonds is 5. The van der Waals surface area contributed by atoms with Crippen molar-refractivity contribution >= 4 is 11.6 Å². The van der Waals surface area contributed by atoms with Crippen molar-refractivity contribution in [1.29, 1.82) is 0 Å². The van der Waals surface area contributed by atoms with Crippen LogP contribution in [-0.2, 0) is 12.7 Å². The molecular formula is C27H21F3N4O2. The Balaban J connectivity index is 1.57. The molecule has 4 aromatic rings. The maximum atomic E-state index is 13.2. The van der Waals surface area contributed by atoms with Gasteiger partial charge in [-0.05, 0) is 30.2 Å². The number of allylic oxidation sites excluding steroid dienone is 1. The van der Waals surface area contributed by atoms with E-state index in [1.54, 1.807) is 13.0 Å². The molecule has 1 unspecified atom stereocenters. The highest BCUT2D eigenvalue weighted by Crippen LogP contribution is 2.38. The molecule has 5 rings (SSSR count). The molecule has 182 valence electrons. The van der Waals surface area contributed by atoms with E-state index >= 15 is 0 Å². The minimum Gasteiger partial charge on any atom is -0.334 e. The molecule has 1 aliphatic heterocycles. The first-order chi connectivity index (χ1) is 17.3. The number of amides is 2. The van der Waals surface area contributed by atoms with Crippen LogP contribution in [0.25, 0.3) is 17.0 Å².